The fourth-order valence-corrected chi connectivity index (χ4v) is 2.68. The Bertz CT molecular complexity index is 554. The maximum Gasteiger partial charge on any atom is 0.310 e. The summed E-state index contributed by atoms with van der Waals surface area (Å²) < 4.78 is 18.2. The summed E-state index contributed by atoms with van der Waals surface area (Å²) in [5.74, 6) is -0.662. The van der Waals surface area contributed by atoms with Crippen LogP contribution in [0, 0.1) is 23.1 Å². The molecule has 1 heterocycles. The van der Waals surface area contributed by atoms with Crippen LogP contribution in [0.1, 0.15) is 30.9 Å². The second-order valence-corrected chi connectivity index (χ2v) is 5.24. The molecule has 5 heteroatoms. The summed E-state index contributed by atoms with van der Waals surface area (Å²) in [6.45, 7) is 4.25. The number of nitriles is 1. The normalized spacial score (nSPS) is 19.0. The van der Waals surface area contributed by atoms with Gasteiger partial charge in [-0.05, 0) is 44.0 Å². The largest absolute Gasteiger partial charge is 0.466 e. The first-order valence-corrected chi connectivity index (χ1v) is 7.21. The average molecular weight is 290 g/mol. The van der Waals surface area contributed by atoms with E-state index in [9.17, 15) is 9.18 Å². The molecule has 1 aliphatic heterocycles. The highest BCUT2D eigenvalue weighted by atomic mass is 19.1. The van der Waals surface area contributed by atoms with Crippen LogP contribution in [0.5, 0.6) is 0 Å². The van der Waals surface area contributed by atoms with Crippen molar-refractivity contribution in [2.75, 3.05) is 19.7 Å². The summed E-state index contributed by atoms with van der Waals surface area (Å²) in [7, 11) is 0. The first kappa shape index (κ1) is 15.5. The molecule has 1 aliphatic rings. The summed E-state index contributed by atoms with van der Waals surface area (Å²) in [4.78, 5) is 13.9. The summed E-state index contributed by atoms with van der Waals surface area (Å²) in [5, 5.41) is 9.07. The van der Waals surface area contributed by atoms with Crippen LogP contribution in [0.3, 0.4) is 0 Å². The van der Waals surface area contributed by atoms with Gasteiger partial charge < -0.3 is 4.74 Å². The number of piperidine rings is 1. The predicted octanol–water partition coefficient (Wildman–Crippen LogP) is 2.47. The van der Waals surface area contributed by atoms with Crippen LogP contribution in [0.25, 0.3) is 0 Å². The number of hydrogen-bond donors (Lipinski definition) is 0. The van der Waals surface area contributed by atoms with E-state index in [0.717, 1.165) is 24.9 Å². The van der Waals surface area contributed by atoms with E-state index in [1.807, 2.05) is 6.07 Å². The third kappa shape index (κ3) is 4.02. The molecule has 0 aliphatic carbocycles. The molecule has 1 aromatic carbocycles. The van der Waals surface area contributed by atoms with E-state index < -0.39 is 5.82 Å². The molecule has 2 rings (SSSR count). The molecular weight excluding hydrogens is 271 g/mol. The van der Waals surface area contributed by atoms with Crippen molar-refractivity contribution in [3.8, 4) is 6.07 Å². The van der Waals surface area contributed by atoms with Gasteiger partial charge in [-0.3, -0.25) is 9.69 Å². The second kappa shape index (κ2) is 7.19. The molecule has 21 heavy (non-hydrogen) atoms. The highest BCUT2D eigenvalue weighted by molar-refractivity contribution is 5.72. The maximum atomic E-state index is 13.1. The molecule has 1 fully saturated rings. The van der Waals surface area contributed by atoms with Crippen molar-refractivity contribution in [3.63, 3.8) is 0 Å². The van der Waals surface area contributed by atoms with E-state index in [-0.39, 0.29) is 11.9 Å². The number of carbonyl (C=O) groups is 1. The predicted molar refractivity (Wildman–Crippen MR) is 75.7 cm³/mol. The number of carbonyl (C=O) groups excluding carboxylic acids is 1. The lowest BCUT2D eigenvalue weighted by Gasteiger charge is -2.31. The molecule has 0 saturated carbocycles. The monoisotopic (exact) mass is 290 g/mol. The molecule has 1 aromatic rings. The Morgan fingerprint density at radius 3 is 3.10 bits per heavy atom. The van der Waals surface area contributed by atoms with E-state index in [2.05, 4.69) is 4.90 Å². The van der Waals surface area contributed by atoms with E-state index in [1.165, 1.54) is 12.1 Å². The number of hydrogen-bond acceptors (Lipinski definition) is 4. The van der Waals surface area contributed by atoms with Gasteiger partial charge >= 0.3 is 5.97 Å². The zero-order chi connectivity index (χ0) is 15.2. The lowest BCUT2D eigenvalue weighted by Crippen LogP contribution is -2.39. The van der Waals surface area contributed by atoms with Crippen molar-refractivity contribution >= 4 is 5.97 Å². The Hall–Kier alpha value is -1.93. The molecule has 1 saturated heterocycles. The summed E-state index contributed by atoms with van der Waals surface area (Å²) in [6.07, 6.45) is 1.76. The number of rotatable bonds is 4. The van der Waals surface area contributed by atoms with Crippen molar-refractivity contribution in [3.05, 3.63) is 35.1 Å². The first-order valence-electron chi connectivity index (χ1n) is 7.21. The number of likely N-dealkylation sites (tertiary alicyclic amines) is 1. The fourth-order valence-electron chi connectivity index (χ4n) is 2.68. The lowest BCUT2D eigenvalue weighted by atomic mass is 9.97. The summed E-state index contributed by atoms with van der Waals surface area (Å²) in [5.41, 5.74) is 1.15. The van der Waals surface area contributed by atoms with Gasteiger partial charge in [-0.2, -0.15) is 5.26 Å². The molecule has 0 bridgehead atoms. The van der Waals surface area contributed by atoms with Crippen molar-refractivity contribution in [2.24, 2.45) is 5.92 Å². The Morgan fingerprint density at radius 2 is 2.38 bits per heavy atom. The summed E-state index contributed by atoms with van der Waals surface area (Å²) in [6, 6.07) is 6.28. The van der Waals surface area contributed by atoms with E-state index in [1.54, 1.807) is 13.0 Å². The van der Waals surface area contributed by atoms with E-state index in [0.29, 0.717) is 25.3 Å². The number of nitrogens with zero attached hydrogens (tertiary/aromatic N) is 2. The molecule has 0 N–H and O–H groups in total. The van der Waals surface area contributed by atoms with Gasteiger partial charge in [0.15, 0.2) is 0 Å². The van der Waals surface area contributed by atoms with Crippen LogP contribution >= 0.6 is 0 Å². The number of halogens is 1. The first-order chi connectivity index (χ1) is 10.1. The van der Waals surface area contributed by atoms with Gasteiger partial charge in [0.2, 0.25) is 0 Å². The highest BCUT2D eigenvalue weighted by Gasteiger charge is 2.27. The highest BCUT2D eigenvalue weighted by Crippen LogP contribution is 2.21. The van der Waals surface area contributed by atoms with Gasteiger partial charge in [0.25, 0.3) is 0 Å². The van der Waals surface area contributed by atoms with Crippen LogP contribution in [0.15, 0.2) is 18.2 Å². The minimum Gasteiger partial charge on any atom is -0.466 e. The van der Waals surface area contributed by atoms with Crippen molar-refractivity contribution in [1.82, 2.24) is 4.90 Å². The Morgan fingerprint density at radius 1 is 1.57 bits per heavy atom. The molecule has 1 unspecified atom stereocenters. The van der Waals surface area contributed by atoms with Crippen LogP contribution in [0.2, 0.25) is 0 Å². The van der Waals surface area contributed by atoms with Gasteiger partial charge in [0.05, 0.1) is 24.2 Å². The number of ether oxygens (including phenoxy) is 1. The smallest absolute Gasteiger partial charge is 0.310 e. The molecule has 0 aromatic heterocycles. The van der Waals surface area contributed by atoms with Crippen LogP contribution in [-0.2, 0) is 16.1 Å². The van der Waals surface area contributed by atoms with Gasteiger partial charge in [-0.1, -0.05) is 6.07 Å². The molecule has 0 spiro atoms. The third-order valence-electron chi connectivity index (χ3n) is 3.71. The molecule has 112 valence electrons. The molecule has 0 radical (unpaired) electrons. The van der Waals surface area contributed by atoms with Gasteiger partial charge in [0, 0.05) is 13.1 Å². The summed E-state index contributed by atoms with van der Waals surface area (Å²) >= 11 is 0. The Kier molecular flexibility index (Phi) is 5.29. The van der Waals surface area contributed by atoms with Crippen LogP contribution < -0.4 is 0 Å². The Labute approximate surface area is 124 Å². The minimum atomic E-state index is -0.404. The maximum absolute atomic E-state index is 13.1. The quantitative estimate of drug-likeness (QED) is 0.799. The van der Waals surface area contributed by atoms with Gasteiger partial charge in [0.1, 0.15) is 5.82 Å². The van der Waals surface area contributed by atoms with E-state index >= 15 is 0 Å². The fraction of sp³-hybridized carbons (Fsp3) is 0.500. The van der Waals surface area contributed by atoms with Crippen molar-refractivity contribution in [1.29, 1.82) is 5.26 Å². The second-order valence-electron chi connectivity index (χ2n) is 5.24. The SMILES string of the molecule is CCOC(=O)C1CCCN(Cc2ccc(F)cc2C#N)C1. The van der Waals surface area contributed by atoms with Gasteiger partial charge in [-0.15, -0.1) is 0 Å². The van der Waals surface area contributed by atoms with E-state index in [4.69, 9.17) is 10.00 Å². The zero-order valence-electron chi connectivity index (χ0n) is 12.1. The van der Waals surface area contributed by atoms with Crippen LogP contribution in [-0.4, -0.2) is 30.6 Å². The molecular formula is C16H19FN2O2. The zero-order valence-corrected chi connectivity index (χ0v) is 12.1. The molecule has 1 atom stereocenters. The topological polar surface area (TPSA) is 53.3 Å². The number of benzene rings is 1. The third-order valence-corrected chi connectivity index (χ3v) is 3.71. The number of esters is 1. The van der Waals surface area contributed by atoms with Crippen molar-refractivity contribution in [2.45, 2.75) is 26.3 Å². The Balaban J connectivity index is 2.03. The lowest BCUT2D eigenvalue weighted by molar-refractivity contribution is -0.150. The van der Waals surface area contributed by atoms with Gasteiger partial charge in [-0.25, -0.2) is 4.39 Å². The standard InChI is InChI=1S/C16H19FN2O2/c1-2-21-16(20)13-4-3-7-19(11-13)10-12-5-6-15(17)8-14(12)9-18/h5-6,8,13H,2-4,7,10-11H2,1H3. The van der Waals surface area contributed by atoms with Crippen LogP contribution in [0.4, 0.5) is 4.39 Å². The molecule has 0 amide bonds. The molecule has 4 nitrogen and oxygen atoms in total. The van der Waals surface area contributed by atoms with Crippen molar-refractivity contribution < 1.29 is 13.9 Å². The minimum absolute atomic E-state index is 0.107. The average Bonchev–Trinajstić information content (AvgIpc) is 2.49.